The molecule has 2 aromatic rings. The minimum atomic E-state index is 0.257. The van der Waals surface area contributed by atoms with Gasteiger partial charge in [-0.25, -0.2) is 0 Å². The Labute approximate surface area is 160 Å². The monoisotopic (exact) mass is 371 g/mol. The van der Waals surface area contributed by atoms with Crippen molar-refractivity contribution in [2.24, 2.45) is 5.92 Å². The topological polar surface area (TPSA) is 29.5 Å². The zero-order valence-electron chi connectivity index (χ0n) is 15.3. The molecule has 3 nitrogen and oxygen atoms in total. The fraction of sp³-hybridized carbons (Fsp3) is 0.409. The van der Waals surface area contributed by atoms with E-state index in [0.29, 0.717) is 12.3 Å². The van der Waals surface area contributed by atoms with E-state index >= 15 is 0 Å². The van der Waals surface area contributed by atoms with Gasteiger partial charge in [0.25, 0.3) is 0 Å². The second-order valence-electron chi connectivity index (χ2n) is 7.01. The van der Waals surface area contributed by atoms with Crippen molar-refractivity contribution < 1.29 is 9.53 Å². The third kappa shape index (κ3) is 5.25. The Hall–Kier alpha value is -2.00. The second-order valence-corrected chi connectivity index (χ2v) is 7.44. The Morgan fingerprint density at radius 3 is 2.50 bits per heavy atom. The number of hydrogen-bond donors (Lipinski definition) is 0. The molecule has 2 aromatic carbocycles. The number of methoxy groups -OCH3 is 1. The third-order valence-electron chi connectivity index (χ3n) is 5.17. The number of aryl methyl sites for hydroxylation is 1. The molecule has 0 saturated carbocycles. The van der Waals surface area contributed by atoms with E-state index in [0.717, 1.165) is 55.1 Å². The number of rotatable bonds is 6. The molecule has 0 aliphatic carbocycles. The standard InChI is InChI=1S/C22H26ClNO2/c1-26-21-8-5-18(6-9-21)15-19-11-13-24(14-12-19)22(25)10-7-17-3-2-4-20(23)16-17/h2-6,8-9,16,19H,7,10-15H2,1H3. The van der Waals surface area contributed by atoms with Gasteiger partial charge in [-0.05, 0) is 67.0 Å². The average molecular weight is 372 g/mol. The number of likely N-dealkylation sites (tertiary alicyclic amines) is 1. The van der Waals surface area contributed by atoms with Gasteiger partial charge in [-0.2, -0.15) is 0 Å². The van der Waals surface area contributed by atoms with E-state index < -0.39 is 0 Å². The fourth-order valence-electron chi connectivity index (χ4n) is 3.58. The first-order chi connectivity index (χ1) is 12.6. The van der Waals surface area contributed by atoms with E-state index in [2.05, 4.69) is 12.1 Å². The Morgan fingerprint density at radius 1 is 1.12 bits per heavy atom. The largest absolute Gasteiger partial charge is 0.497 e. The summed E-state index contributed by atoms with van der Waals surface area (Å²) < 4.78 is 5.21. The van der Waals surface area contributed by atoms with Crippen molar-refractivity contribution >= 4 is 17.5 Å². The van der Waals surface area contributed by atoms with E-state index in [1.54, 1.807) is 7.11 Å². The van der Waals surface area contributed by atoms with Gasteiger partial charge in [0, 0.05) is 24.5 Å². The number of hydrogen-bond acceptors (Lipinski definition) is 2. The lowest BCUT2D eigenvalue weighted by molar-refractivity contribution is -0.132. The molecule has 1 aliphatic rings. The van der Waals surface area contributed by atoms with E-state index in [9.17, 15) is 4.79 Å². The van der Waals surface area contributed by atoms with Crippen molar-refractivity contribution in [2.75, 3.05) is 20.2 Å². The summed E-state index contributed by atoms with van der Waals surface area (Å²) in [6.07, 6.45) is 4.55. The van der Waals surface area contributed by atoms with Crippen LogP contribution in [0.4, 0.5) is 0 Å². The van der Waals surface area contributed by atoms with Crippen molar-refractivity contribution in [3.63, 3.8) is 0 Å². The number of carbonyl (C=O) groups is 1. The second kappa shape index (κ2) is 9.09. The van der Waals surface area contributed by atoms with Gasteiger partial charge in [-0.1, -0.05) is 35.9 Å². The molecule has 1 fully saturated rings. The van der Waals surface area contributed by atoms with Crippen LogP contribution < -0.4 is 4.74 Å². The quantitative estimate of drug-likeness (QED) is 0.732. The van der Waals surface area contributed by atoms with Crippen molar-refractivity contribution in [1.29, 1.82) is 0 Å². The Morgan fingerprint density at radius 2 is 1.85 bits per heavy atom. The first kappa shape index (κ1) is 18.8. The van der Waals surface area contributed by atoms with Crippen LogP contribution in [0.3, 0.4) is 0 Å². The van der Waals surface area contributed by atoms with Gasteiger partial charge in [0.05, 0.1) is 7.11 Å². The lowest BCUT2D eigenvalue weighted by Gasteiger charge is -2.32. The highest BCUT2D eigenvalue weighted by Crippen LogP contribution is 2.23. The number of ether oxygens (including phenoxy) is 1. The van der Waals surface area contributed by atoms with Gasteiger partial charge >= 0.3 is 0 Å². The SMILES string of the molecule is COc1ccc(CC2CCN(C(=O)CCc3cccc(Cl)c3)CC2)cc1. The summed E-state index contributed by atoms with van der Waals surface area (Å²) >= 11 is 6.01. The first-order valence-electron chi connectivity index (χ1n) is 9.29. The Kier molecular flexibility index (Phi) is 6.56. The lowest BCUT2D eigenvalue weighted by Crippen LogP contribution is -2.39. The number of piperidine rings is 1. The smallest absolute Gasteiger partial charge is 0.222 e. The van der Waals surface area contributed by atoms with Gasteiger partial charge < -0.3 is 9.64 Å². The number of benzene rings is 2. The first-order valence-corrected chi connectivity index (χ1v) is 9.67. The molecule has 3 rings (SSSR count). The van der Waals surface area contributed by atoms with Crippen LogP contribution >= 0.6 is 11.6 Å². The molecule has 26 heavy (non-hydrogen) atoms. The molecule has 0 bridgehead atoms. The van der Waals surface area contributed by atoms with Crippen molar-refractivity contribution in [3.8, 4) is 5.75 Å². The summed E-state index contributed by atoms with van der Waals surface area (Å²) in [7, 11) is 1.69. The van der Waals surface area contributed by atoms with Crippen LogP contribution in [-0.4, -0.2) is 31.0 Å². The number of nitrogens with zero attached hydrogens (tertiary/aromatic N) is 1. The molecule has 1 heterocycles. The predicted octanol–water partition coefficient (Wildman–Crippen LogP) is 4.76. The molecule has 1 saturated heterocycles. The summed E-state index contributed by atoms with van der Waals surface area (Å²) in [6.45, 7) is 1.74. The van der Waals surface area contributed by atoms with Gasteiger partial charge in [-0.3, -0.25) is 4.79 Å². The maximum Gasteiger partial charge on any atom is 0.222 e. The fourth-order valence-corrected chi connectivity index (χ4v) is 3.80. The minimum absolute atomic E-state index is 0.257. The summed E-state index contributed by atoms with van der Waals surface area (Å²) in [4.78, 5) is 14.5. The predicted molar refractivity (Wildman–Crippen MR) is 106 cm³/mol. The van der Waals surface area contributed by atoms with E-state index in [1.807, 2.05) is 41.3 Å². The van der Waals surface area contributed by atoms with Crippen molar-refractivity contribution in [2.45, 2.75) is 32.1 Å². The molecule has 0 radical (unpaired) electrons. The molecule has 0 atom stereocenters. The molecule has 1 amide bonds. The van der Waals surface area contributed by atoms with Crippen molar-refractivity contribution in [1.82, 2.24) is 4.90 Å². The van der Waals surface area contributed by atoms with E-state index in [1.165, 1.54) is 5.56 Å². The average Bonchev–Trinajstić information content (AvgIpc) is 2.67. The molecule has 0 N–H and O–H groups in total. The number of halogens is 1. The summed E-state index contributed by atoms with van der Waals surface area (Å²) in [5.74, 6) is 1.81. The molecule has 0 spiro atoms. The van der Waals surface area contributed by atoms with Crippen LogP contribution in [0, 0.1) is 5.92 Å². The van der Waals surface area contributed by atoms with Crippen LogP contribution in [-0.2, 0) is 17.6 Å². The molecular formula is C22H26ClNO2. The van der Waals surface area contributed by atoms with Gasteiger partial charge in [-0.15, -0.1) is 0 Å². The van der Waals surface area contributed by atoms with Gasteiger partial charge in [0.1, 0.15) is 5.75 Å². The van der Waals surface area contributed by atoms with Crippen LogP contribution in [0.2, 0.25) is 5.02 Å². The van der Waals surface area contributed by atoms with E-state index in [-0.39, 0.29) is 5.91 Å². The molecule has 1 aliphatic heterocycles. The number of amides is 1. The molecule has 0 aromatic heterocycles. The molecule has 138 valence electrons. The zero-order chi connectivity index (χ0) is 18.4. The van der Waals surface area contributed by atoms with Gasteiger partial charge in [0.15, 0.2) is 0 Å². The normalized spacial score (nSPS) is 15.1. The molecule has 0 unspecified atom stereocenters. The summed E-state index contributed by atoms with van der Waals surface area (Å²) in [6, 6.07) is 16.1. The highest BCUT2D eigenvalue weighted by atomic mass is 35.5. The van der Waals surface area contributed by atoms with Crippen LogP contribution in [0.25, 0.3) is 0 Å². The highest BCUT2D eigenvalue weighted by molar-refractivity contribution is 6.30. The zero-order valence-corrected chi connectivity index (χ0v) is 16.0. The maximum absolute atomic E-state index is 12.5. The maximum atomic E-state index is 12.5. The highest BCUT2D eigenvalue weighted by Gasteiger charge is 2.22. The third-order valence-corrected chi connectivity index (χ3v) is 5.40. The molecular weight excluding hydrogens is 346 g/mol. The van der Waals surface area contributed by atoms with Crippen LogP contribution in [0.15, 0.2) is 48.5 Å². The number of carbonyl (C=O) groups excluding carboxylic acids is 1. The van der Waals surface area contributed by atoms with Crippen LogP contribution in [0.5, 0.6) is 5.75 Å². The Balaban J connectivity index is 1.43. The van der Waals surface area contributed by atoms with Gasteiger partial charge in [0.2, 0.25) is 5.91 Å². The van der Waals surface area contributed by atoms with Crippen molar-refractivity contribution in [3.05, 3.63) is 64.7 Å². The summed E-state index contributed by atoms with van der Waals surface area (Å²) in [5.41, 5.74) is 2.47. The van der Waals surface area contributed by atoms with Crippen LogP contribution in [0.1, 0.15) is 30.4 Å². The minimum Gasteiger partial charge on any atom is -0.497 e. The summed E-state index contributed by atoms with van der Waals surface area (Å²) in [5, 5.41) is 0.731. The lowest BCUT2D eigenvalue weighted by atomic mass is 9.90. The molecule has 4 heteroatoms. The Bertz CT molecular complexity index is 721. The van der Waals surface area contributed by atoms with E-state index in [4.69, 9.17) is 16.3 Å².